The van der Waals surface area contributed by atoms with E-state index in [0.29, 0.717) is 17.7 Å². The zero-order chi connectivity index (χ0) is 15.5. The van der Waals surface area contributed by atoms with Crippen LogP contribution >= 0.6 is 0 Å². The molecule has 0 atom stereocenters. The summed E-state index contributed by atoms with van der Waals surface area (Å²) < 4.78 is 0. The Morgan fingerprint density at radius 2 is 1.85 bits per heavy atom. The molecule has 1 aromatic rings. The van der Waals surface area contributed by atoms with Crippen molar-refractivity contribution in [3.05, 3.63) is 29.8 Å². The van der Waals surface area contributed by atoms with Crippen molar-refractivity contribution in [1.82, 2.24) is 0 Å². The zero-order valence-electron chi connectivity index (χ0n) is 13.3. The largest absolute Gasteiger partial charge is 0.326 e. The van der Waals surface area contributed by atoms with Crippen molar-refractivity contribution < 1.29 is 9.59 Å². The predicted octanol–water partition coefficient (Wildman–Crippen LogP) is 4.68. The van der Waals surface area contributed by atoms with E-state index < -0.39 is 0 Å². The monoisotopic (exact) mass is 277 g/mol. The van der Waals surface area contributed by atoms with Gasteiger partial charge in [0.25, 0.3) is 0 Å². The molecule has 1 rings (SSSR count). The molecule has 0 radical (unpaired) electrons. The molecule has 20 heavy (non-hydrogen) atoms. The molecule has 0 bridgehead atoms. The molecular formula is C17H27NO2. The number of carbonyl (C=O) groups excluding carboxylic acids is 2. The highest BCUT2D eigenvalue weighted by Gasteiger charge is 2.11. The van der Waals surface area contributed by atoms with Crippen LogP contribution in [0.5, 0.6) is 0 Å². The fourth-order valence-corrected chi connectivity index (χ4v) is 1.64. The lowest BCUT2D eigenvalue weighted by Crippen LogP contribution is -2.12. The Morgan fingerprint density at radius 3 is 2.40 bits per heavy atom. The number of nitrogens with one attached hydrogen (secondary N) is 1. The number of Topliss-reactive ketones (excluding diaryl/α,β-unsaturated/α-hetero) is 1. The van der Waals surface area contributed by atoms with Crippen molar-refractivity contribution >= 4 is 17.4 Å². The van der Waals surface area contributed by atoms with Gasteiger partial charge in [-0.2, -0.15) is 0 Å². The quantitative estimate of drug-likeness (QED) is 0.767. The minimum atomic E-state index is -0.0314. The van der Waals surface area contributed by atoms with E-state index in [1.807, 2.05) is 27.7 Å². The summed E-state index contributed by atoms with van der Waals surface area (Å²) >= 11 is 0. The van der Waals surface area contributed by atoms with Gasteiger partial charge in [0, 0.05) is 23.6 Å². The number of ketones is 1. The summed E-state index contributed by atoms with van der Waals surface area (Å²) in [6.45, 7) is 9.79. The zero-order valence-corrected chi connectivity index (χ0v) is 13.3. The predicted molar refractivity (Wildman–Crippen MR) is 85.1 cm³/mol. The van der Waals surface area contributed by atoms with Gasteiger partial charge in [-0.3, -0.25) is 9.59 Å². The Balaban J connectivity index is 0.00000172. The Hall–Kier alpha value is -1.64. The number of hydrogen-bond donors (Lipinski definition) is 1. The molecular weight excluding hydrogens is 250 g/mol. The molecule has 0 aromatic heterocycles. The molecule has 3 nitrogen and oxygen atoms in total. The van der Waals surface area contributed by atoms with Crippen molar-refractivity contribution in [3.63, 3.8) is 0 Å². The highest BCUT2D eigenvalue weighted by molar-refractivity contribution is 5.99. The van der Waals surface area contributed by atoms with Crippen LogP contribution in [0.4, 0.5) is 5.69 Å². The summed E-state index contributed by atoms with van der Waals surface area (Å²) in [5.41, 5.74) is 1.35. The second kappa shape index (κ2) is 10.2. The Kier molecular flexibility index (Phi) is 9.35. The third kappa shape index (κ3) is 6.50. The van der Waals surface area contributed by atoms with Gasteiger partial charge in [0.05, 0.1) is 0 Å². The van der Waals surface area contributed by atoms with E-state index in [2.05, 4.69) is 12.2 Å². The third-order valence-corrected chi connectivity index (χ3v) is 2.71. The van der Waals surface area contributed by atoms with Gasteiger partial charge in [-0.1, -0.05) is 53.2 Å². The summed E-state index contributed by atoms with van der Waals surface area (Å²) in [5, 5.41) is 2.82. The minimum absolute atomic E-state index is 0.00555. The molecule has 0 aliphatic heterocycles. The SMILES string of the molecule is CC.CCCCC(=O)Nc1cccc(C(=O)C(C)C)c1. The van der Waals surface area contributed by atoms with Gasteiger partial charge in [0.1, 0.15) is 0 Å². The molecule has 0 aliphatic carbocycles. The van der Waals surface area contributed by atoms with Crippen LogP contribution in [0.1, 0.15) is 64.2 Å². The first-order valence-corrected chi connectivity index (χ1v) is 7.48. The van der Waals surface area contributed by atoms with Crippen LogP contribution in [0.15, 0.2) is 24.3 Å². The van der Waals surface area contributed by atoms with Crippen molar-refractivity contribution in [2.24, 2.45) is 5.92 Å². The second-order valence-electron chi connectivity index (χ2n) is 4.75. The first-order chi connectivity index (χ1) is 9.54. The Morgan fingerprint density at radius 1 is 1.20 bits per heavy atom. The highest BCUT2D eigenvalue weighted by Crippen LogP contribution is 2.15. The van der Waals surface area contributed by atoms with Crippen molar-refractivity contribution in [3.8, 4) is 0 Å². The number of hydrogen-bond acceptors (Lipinski definition) is 2. The van der Waals surface area contributed by atoms with Crippen molar-refractivity contribution in [2.75, 3.05) is 5.32 Å². The van der Waals surface area contributed by atoms with Gasteiger partial charge >= 0.3 is 0 Å². The van der Waals surface area contributed by atoms with E-state index in [1.165, 1.54) is 0 Å². The topological polar surface area (TPSA) is 46.2 Å². The maximum Gasteiger partial charge on any atom is 0.224 e. The summed E-state index contributed by atoms with van der Waals surface area (Å²) in [4.78, 5) is 23.4. The van der Waals surface area contributed by atoms with E-state index in [0.717, 1.165) is 12.8 Å². The lowest BCUT2D eigenvalue weighted by atomic mass is 10.0. The summed E-state index contributed by atoms with van der Waals surface area (Å²) in [7, 11) is 0. The fraction of sp³-hybridized carbons (Fsp3) is 0.529. The number of benzene rings is 1. The molecule has 0 saturated heterocycles. The highest BCUT2D eigenvalue weighted by atomic mass is 16.1. The maximum atomic E-state index is 11.8. The van der Waals surface area contributed by atoms with E-state index in [1.54, 1.807) is 24.3 Å². The summed E-state index contributed by atoms with van der Waals surface area (Å²) in [6.07, 6.45) is 2.41. The number of rotatable bonds is 6. The molecule has 1 amide bonds. The molecule has 0 fully saturated rings. The molecule has 0 heterocycles. The summed E-state index contributed by atoms with van der Waals surface area (Å²) in [5.74, 6) is 0.0710. The molecule has 1 aromatic carbocycles. The van der Waals surface area contributed by atoms with Gasteiger partial charge < -0.3 is 5.32 Å². The van der Waals surface area contributed by atoms with Crippen LogP contribution in [-0.4, -0.2) is 11.7 Å². The Bertz CT molecular complexity index is 425. The average Bonchev–Trinajstić information content (AvgIpc) is 2.46. The first kappa shape index (κ1) is 18.4. The second-order valence-corrected chi connectivity index (χ2v) is 4.75. The Labute approximate surface area is 122 Å². The number of anilines is 1. The molecule has 112 valence electrons. The molecule has 3 heteroatoms. The van der Waals surface area contributed by atoms with Crippen LogP contribution in [0.3, 0.4) is 0 Å². The van der Waals surface area contributed by atoms with Crippen molar-refractivity contribution in [1.29, 1.82) is 0 Å². The molecule has 0 spiro atoms. The van der Waals surface area contributed by atoms with E-state index in [-0.39, 0.29) is 17.6 Å². The van der Waals surface area contributed by atoms with Gasteiger partial charge in [-0.15, -0.1) is 0 Å². The van der Waals surface area contributed by atoms with Crippen LogP contribution in [-0.2, 0) is 4.79 Å². The van der Waals surface area contributed by atoms with Crippen LogP contribution in [0.25, 0.3) is 0 Å². The smallest absolute Gasteiger partial charge is 0.224 e. The van der Waals surface area contributed by atoms with Crippen LogP contribution in [0, 0.1) is 5.92 Å². The van der Waals surface area contributed by atoms with Gasteiger partial charge in [-0.05, 0) is 18.6 Å². The minimum Gasteiger partial charge on any atom is -0.326 e. The van der Waals surface area contributed by atoms with E-state index in [4.69, 9.17) is 0 Å². The maximum absolute atomic E-state index is 11.8. The average molecular weight is 277 g/mol. The molecule has 1 N–H and O–H groups in total. The fourth-order valence-electron chi connectivity index (χ4n) is 1.64. The molecule has 0 aliphatic rings. The van der Waals surface area contributed by atoms with Crippen molar-refractivity contribution in [2.45, 2.75) is 53.9 Å². The number of amides is 1. The van der Waals surface area contributed by atoms with Gasteiger partial charge in [0.2, 0.25) is 5.91 Å². The first-order valence-electron chi connectivity index (χ1n) is 7.48. The van der Waals surface area contributed by atoms with Crippen LogP contribution in [0.2, 0.25) is 0 Å². The number of carbonyl (C=O) groups is 2. The third-order valence-electron chi connectivity index (χ3n) is 2.71. The summed E-state index contributed by atoms with van der Waals surface area (Å²) in [6, 6.07) is 7.13. The molecule has 0 unspecified atom stereocenters. The van der Waals surface area contributed by atoms with E-state index >= 15 is 0 Å². The molecule has 0 saturated carbocycles. The lowest BCUT2D eigenvalue weighted by Gasteiger charge is -2.08. The van der Waals surface area contributed by atoms with Crippen LogP contribution < -0.4 is 5.32 Å². The van der Waals surface area contributed by atoms with Gasteiger partial charge in [0.15, 0.2) is 5.78 Å². The normalized spacial score (nSPS) is 9.70. The lowest BCUT2D eigenvalue weighted by molar-refractivity contribution is -0.116. The van der Waals surface area contributed by atoms with E-state index in [9.17, 15) is 9.59 Å². The van der Waals surface area contributed by atoms with Gasteiger partial charge in [-0.25, -0.2) is 0 Å². The standard InChI is InChI=1S/C15H21NO2.C2H6/c1-4-5-9-14(17)16-13-8-6-7-12(10-13)15(18)11(2)3;1-2/h6-8,10-11H,4-5,9H2,1-3H3,(H,16,17);1-2H3. The number of unbranched alkanes of at least 4 members (excludes halogenated alkanes) is 1.